The van der Waals surface area contributed by atoms with E-state index in [0.29, 0.717) is 45.1 Å². The highest BCUT2D eigenvalue weighted by Gasteiger charge is 2.44. The van der Waals surface area contributed by atoms with Crippen LogP contribution < -0.4 is 5.32 Å². The van der Waals surface area contributed by atoms with Gasteiger partial charge in [0.2, 0.25) is 5.91 Å². The van der Waals surface area contributed by atoms with Crippen molar-refractivity contribution >= 4 is 46.3 Å². The summed E-state index contributed by atoms with van der Waals surface area (Å²) in [6, 6.07) is 17.6. The summed E-state index contributed by atoms with van der Waals surface area (Å²) < 4.78 is 27.8. The number of hydrogen-bond acceptors (Lipinski definition) is 3. The molecule has 3 atom stereocenters. The number of nitrogens with zero attached hydrogens (tertiary/aromatic N) is 1. The van der Waals surface area contributed by atoms with Gasteiger partial charge in [-0.15, -0.1) is 0 Å². The van der Waals surface area contributed by atoms with Crippen LogP contribution in [0.5, 0.6) is 0 Å². The number of nitrogens with one attached hydrogen (secondary N) is 1. The Hall–Kier alpha value is -3.35. The second kappa shape index (κ2) is 10.2. The predicted molar refractivity (Wildman–Crippen MR) is 141 cm³/mol. The Labute approximate surface area is 223 Å². The molecule has 4 nitrogen and oxygen atoms in total. The molecule has 2 aliphatic rings. The van der Waals surface area contributed by atoms with Crippen LogP contribution in [-0.2, 0) is 9.59 Å². The first-order chi connectivity index (χ1) is 17.7. The van der Waals surface area contributed by atoms with Gasteiger partial charge in [0.25, 0.3) is 0 Å². The zero-order valence-corrected chi connectivity index (χ0v) is 21.3. The van der Waals surface area contributed by atoms with E-state index in [1.165, 1.54) is 0 Å². The molecule has 0 saturated heterocycles. The lowest BCUT2D eigenvalue weighted by atomic mass is 9.69. The summed E-state index contributed by atoms with van der Waals surface area (Å²) in [5.74, 6) is -4.08. The Morgan fingerprint density at radius 3 is 2.46 bits per heavy atom. The van der Waals surface area contributed by atoms with Crippen molar-refractivity contribution in [2.45, 2.75) is 31.6 Å². The van der Waals surface area contributed by atoms with Crippen molar-refractivity contribution in [2.24, 2.45) is 10.9 Å². The van der Waals surface area contributed by atoms with Crippen molar-refractivity contribution in [1.82, 2.24) is 0 Å². The van der Waals surface area contributed by atoms with Gasteiger partial charge in [-0.2, -0.15) is 0 Å². The maximum Gasteiger partial charge on any atom is 0.234 e. The minimum absolute atomic E-state index is 0.0379. The quantitative estimate of drug-likeness (QED) is 0.374. The highest BCUT2D eigenvalue weighted by molar-refractivity contribution is 6.35. The lowest BCUT2D eigenvalue weighted by Crippen LogP contribution is -2.40. The van der Waals surface area contributed by atoms with Crippen LogP contribution in [0.2, 0.25) is 10.0 Å². The first-order valence-electron chi connectivity index (χ1n) is 11.8. The molecule has 0 spiro atoms. The van der Waals surface area contributed by atoms with Crippen molar-refractivity contribution in [1.29, 1.82) is 0 Å². The van der Waals surface area contributed by atoms with E-state index in [1.54, 1.807) is 25.1 Å². The first kappa shape index (κ1) is 25.3. The third kappa shape index (κ3) is 4.96. The number of allylic oxidation sites excluding steroid dienone is 2. The molecular weight excluding hydrogens is 517 g/mol. The number of halogens is 4. The van der Waals surface area contributed by atoms with Crippen LogP contribution in [0.25, 0.3) is 0 Å². The number of carbonyl (C=O) groups is 2. The zero-order chi connectivity index (χ0) is 26.3. The van der Waals surface area contributed by atoms with Crippen LogP contribution in [0.3, 0.4) is 0 Å². The van der Waals surface area contributed by atoms with Crippen LogP contribution >= 0.6 is 23.2 Å². The summed E-state index contributed by atoms with van der Waals surface area (Å²) in [4.78, 5) is 32.0. The first-order valence-corrected chi connectivity index (χ1v) is 12.6. The van der Waals surface area contributed by atoms with Crippen LogP contribution in [0.15, 0.2) is 83.0 Å². The van der Waals surface area contributed by atoms with E-state index in [9.17, 15) is 18.4 Å². The van der Waals surface area contributed by atoms with Crippen LogP contribution in [-0.4, -0.2) is 17.4 Å². The minimum Gasteiger partial charge on any atom is -0.323 e. The Balaban J connectivity index is 1.59. The van der Waals surface area contributed by atoms with Gasteiger partial charge in [0.15, 0.2) is 5.78 Å². The highest BCUT2D eigenvalue weighted by atomic mass is 35.5. The lowest BCUT2D eigenvalue weighted by molar-refractivity contribution is -0.119. The van der Waals surface area contributed by atoms with Gasteiger partial charge in [0.05, 0.1) is 11.6 Å². The van der Waals surface area contributed by atoms with Crippen molar-refractivity contribution in [3.05, 3.63) is 111 Å². The standard InChI is InChI=1S/C29H22Cl2F2N2O2/c1-15-26(29(37)35-23-10-8-19(32)14-22(23)33)27(20-9-7-18(30)13-21(20)31)28-24(34-15)11-17(12-25(28)36)16-5-3-2-4-6-16/h2-10,13-14,17,26-27H,11-12H2,1H3,(H,35,37)/t17-,26?,27-/m0/s1. The molecule has 0 aromatic heterocycles. The fourth-order valence-corrected chi connectivity index (χ4v) is 5.78. The number of ketones is 1. The van der Waals surface area contributed by atoms with Crippen molar-refractivity contribution in [2.75, 3.05) is 5.32 Å². The second-order valence-electron chi connectivity index (χ2n) is 9.29. The average molecular weight is 539 g/mol. The fourth-order valence-electron chi connectivity index (χ4n) is 5.25. The van der Waals surface area contributed by atoms with Gasteiger partial charge in [-0.25, -0.2) is 8.78 Å². The number of aliphatic imine (C=N–C) groups is 1. The molecule has 5 rings (SSSR count). The zero-order valence-electron chi connectivity index (χ0n) is 19.8. The molecule has 3 aromatic carbocycles. The van der Waals surface area contributed by atoms with Crippen LogP contribution in [0.4, 0.5) is 14.5 Å². The Bertz CT molecular complexity index is 1470. The number of Topliss-reactive ketones (excluding diaryl/α,β-unsaturated/α-hetero) is 1. The molecule has 37 heavy (non-hydrogen) atoms. The van der Waals surface area contributed by atoms with Gasteiger partial charge in [0.1, 0.15) is 11.6 Å². The Morgan fingerprint density at radius 1 is 1.00 bits per heavy atom. The van der Waals surface area contributed by atoms with Gasteiger partial charge in [0, 0.05) is 45.4 Å². The fraction of sp³-hybridized carbons (Fsp3) is 0.207. The molecule has 1 aliphatic carbocycles. The molecule has 188 valence electrons. The lowest BCUT2D eigenvalue weighted by Gasteiger charge is -2.37. The molecule has 1 unspecified atom stereocenters. The number of benzene rings is 3. The molecule has 0 saturated carbocycles. The van der Waals surface area contributed by atoms with Crippen LogP contribution in [0, 0.1) is 17.6 Å². The maximum atomic E-state index is 14.4. The molecule has 8 heteroatoms. The molecule has 0 bridgehead atoms. The summed E-state index contributed by atoms with van der Waals surface area (Å²) in [6.07, 6.45) is 0.797. The molecule has 0 radical (unpaired) electrons. The topological polar surface area (TPSA) is 58.5 Å². The smallest absolute Gasteiger partial charge is 0.234 e. The molecule has 0 fully saturated rings. The number of carbonyl (C=O) groups excluding carboxylic acids is 2. The van der Waals surface area contributed by atoms with Gasteiger partial charge in [-0.1, -0.05) is 59.6 Å². The average Bonchev–Trinajstić information content (AvgIpc) is 2.85. The molecule has 3 aromatic rings. The molecule has 1 aliphatic heterocycles. The maximum absolute atomic E-state index is 14.4. The van der Waals surface area contributed by atoms with E-state index in [2.05, 4.69) is 5.32 Å². The monoisotopic (exact) mass is 538 g/mol. The third-order valence-corrected chi connectivity index (χ3v) is 7.49. The Morgan fingerprint density at radius 2 is 1.76 bits per heavy atom. The predicted octanol–water partition coefficient (Wildman–Crippen LogP) is 7.49. The van der Waals surface area contributed by atoms with Crippen molar-refractivity contribution < 1.29 is 18.4 Å². The van der Waals surface area contributed by atoms with Gasteiger partial charge >= 0.3 is 0 Å². The summed E-state index contributed by atoms with van der Waals surface area (Å²) in [5.41, 5.74) is 2.95. The third-order valence-electron chi connectivity index (χ3n) is 6.93. The van der Waals surface area contributed by atoms with Crippen molar-refractivity contribution in [3.8, 4) is 0 Å². The summed E-state index contributed by atoms with van der Waals surface area (Å²) >= 11 is 12.7. The molecular formula is C29H22Cl2F2N2O2. The number of rotatable bonds is 4. The van der Waals surface area contributed by atoms with E-state index in [4.69, 9.17) is 28.2 Å². The number of amides is 1. The van der Waals surface area contributed by atoms with Crippen molar-refractivity contribution in [3.63, 3.8) is 0 Å². The summed E-state index contributed by atoms with van der Waals surface area (Å²) in [6.45, 7) is 1.71. The minimum atomic E-state index is -0.945. The Kier molecular flexibility index (Phi) is 6.97. The van der Waals surface area contributed by atoms with Gasteiger partial charge in [-0.3, -0.25) is 14.6 Å². The van der Waals surface area contributed by atoms with E-state index >= 15 is 0 Å². The SMILES string of the molecule is CC1=NC2=C(C(=O)C[C@@H](c3ccccc3)C2)[C@@H](c2ccc(Cl)cc2Cl)C1C(=O)Nc1ccc(F)cc1F. The van der Waals surface area contributed by atoms with Gasteiger partial charge < -0.3 is 5.32 Å². The normalized spacial score (nSPS) is 21.4. The molecule has 1 heterocycles. The largest absolute Gasteiger partial charge is 0.323 e. The van der Waals surface area contributed by atoms with E-state index < -0.39 is 29.4 Å². The van der Waals surface area contributed by atoms with Gasteiger partial charge in [-0.05, 0) is 54.7 Å². The number of anilines is 1. The summed E-state index contributed by atoms with van der Waals surface area (Å²) in [5, 5.41) is 3.27. The number of hydrogen-bond donors (Lipinski definition) is 1. The molecule has 1 N–H and O–H groups in total. The van der Waals surface area contributed by atoms with E-state index in [-0.39, 0.29) is 23.8 Å². The summed E-state index contributed by atoms with van der Waals surface area (Å²) in [7, 11) is 0. The highest BCUT2D eigenvalue weighted by Crippen LogP contribution is 2.48. The van der Waals surface area contributed by atoms with Crippen LogP contribution in [0.1, 0.15) is 42.7 Å². The molecule has 1 amide bonds. The second-order valence-corrected chi connectivity index (χ2v) is 10.1. The van der Waals surface area contributed by atoms with E-state index in [0.717, 1.165) is 17.7 Å². The van der Waals surface area contributed by atoms with E-state index in [1.807, 2.05) is 30.3 Å².